The molecule has 0 atom stereocenters. The normalized spacial score (nSPS) is 11.1. The Morgan fingerprint density at radius 2 is 1.94 bits per heavy atom. The standard InChI is InChI=1S/C26H24N4O5/c1-3-34-21-10-8-17(14-23(21)33-2)15-28-25(31)22-11-9-18(35-22)16-30-24-19(6-4-12-27-24)29-13-5-7-20(29)26(30)32/h4-14H,3,15-16H2,1-2H3,(H,28,31). The summed E-state index contributed by atoms with van der Waals surface area (Å²) >= 11 is 0. The predicted octanol–water partition coefficient (Wildman–Crippen LogP) is 3.63. The fourth-order valence-corrected chi connectivity index (χ4v) is 4.04. The van der Waals surface area contributed by atoms with Crippen LogP contribution in [0.4, 0.5) is 0 Å². The summed E-state index contributed by atoms with van der Waals surface area (Å²) in [6.45, 7) is 2.87. The number of nitrogens with zero attached hydrogens (tertiary/aromatic N) is 3. The Hall–Kier alpha value is -4.53. The Balaban J connectivity index is 1.34. The molecule has 5 rings (SSSR count). The van der Waals surface area contributed by atoms with E-state index < -0.39 is 0 Å². The number of furan rings is 1. The van der Waals surface area contributed by atoms with Crippen molar-refractivity contribution in [3.05, 3.63) is 94.4 Å². The van der Waals surface area contributed by atoms with E-state index in [1.165, 1.54) is 0 Å². The lowest BCUT2D eigenvalue weighted by Gasteiger charge is -2.11. The topological polar surface area (TPSA) is 100 Å². The monoisotopic (exact) mass is 472 g/mol. The maximum absolute atomic E-state index is 13.1. The number of hydrogen-bond acceptors (Lipinski definition) is 6. The van der Waals surface area contributed by atoms with Crippen LogP contribution in [0.1, 0.15) is 28.8 Å². The van der Waals surface area contributed by atoms with Crippen molar-refractivity contribution in [3.8, 4) is 11.5 Å². The fraction of sp³-hybridized carbons (Fsp3) is 0.192. The Labute approximate surface area is 200 Å². The van der Waals surface area contributed by atoms with Crippen molar-refractivity contribution in [3.63, 3.8) is 0 Å². The molecule has 1 aromatic carbocycles. The molecule has 4 aromatic heterocycles. The second-order valence-corrected chi connectivity index (χ2v) is 7.87. The molecule has 0 saturated carbocycles. The lowest BCUT2D eigenvalue weighted by atomic mass is 10.2. The number of ether oxygens (including phenoxy) is 2. The third kappa shape index (κ3) is 4.23. The summed E-state index contributed by atoms with van der Waals surface area (Å²) in [5, 5.41) is 2.84. The van der Waals surface area contributed by atoms with Crippen LogP contribution in [0, 0.1) is 0 Å². The summed E-state index contributed by atoms with van der Waals surface area (Å²) in [4.78, 5) is 30.2. The molecule has 5 aromatic rings. The molecule has 0 unspecified atom stereocenters. The molecule has 0 radical (unpaired) electrons. The van der Waals surface area contributed by atoms with Gasteiger partial charge in [0.05, 0.1) is 25.8 Å². The predicted molar refractivity (Wildman–Crippen MR) is 130 cm³/mol. The quantitative estimate of drug-likeness (QED) is 0.370. The molecule has 0 spiro atoms. The van der Waals surface area contributed by atoms with E-state index in [-0.39, 0.29) is 30.3 Å². The van der Waals surface area contributed by atoms with Crippen LogP contribution in [0.3, 0.4) is 0 Å². The van der Waals surface area contributed by atoms with Crippen LogP contribution in [0.2, 0.25) is 0 Å². The van der Waals surface area contributed by atoms with E-state index in [4.69, 9.17) is 13.9 Å². The van der Waals surface area contributed by atoms with E-state index in [1.54, 1.807) is 36.1 Å². The number of hydrogen-bond donors (Lipinski definition) is 1. The van der Waals surface area contributed by atoms with Gasteiger partial charge in [-0.3, -0.25) is 14.2 Å². The number of fused-ring (bicyclic) bond motifs is 3. The van der Waals surface area contributed by atoms with Crippen LogP contribution in [0.15, 0.2) is 76.2 Å². The molecule has 35 heavy (non-hydrogen) atoms. The van der Waals surface area contributed by atoms with Crippen LogP contribution in [0.25, 0.3) is 16.7 Å². The molecule has 1 N–H and O–H groups in total. The number of nitrogens with one attached hydrogen (secondary N) is 1. The zero-order valence-corrected chi connectivity index (χ0v) is 19.4. The molecule has 0 fully saturated rings. The first-order chi connectivity index (χ1) is 17.1. The number of rotatable bonds is 8. The highest BCUT2D eigenvalue weighted by molar-refractivity contribution is 5.91. The molecule has 0 bridgehead atoms. The lowest BCUT2D eigenvalue weighted by Crippen LogP contribution is -2.24. The van der Waals surface area contributed by atoms with Gasteiger partial charge in [0.1, 0.15) is 11.3 Å². The van der Waals surface area contributed by atoms with Crippen LogP contribution >= 0.6 is 0 Å². The maximum Gasteiger partial charge on any atom is 0.287 e. The zero-order chi connectivity index (χ0) is 24.4. The SMILES string of the molecule is CCOc1ccc(CNC(=O)c2ccc(Cn3c(=O)c4cccn4c4cccnc43)o2)cc1OC. The first-order valence-electron chi connectivity index (χ1n) is 11.2. The molecule has 0 aliphatic heterocycles. The van der Waals surface area contributed by atoms with Crippen molar-refractivity contribution in [2.75, 3.05) is 13.7 Å². The van der Waals surface area contributed by atoms with E-state index in [0.29, 0.717) is 35.0 Å². The molecule has 0 saturated heterocycles. The van der Waals surface area contributed by atoms with Crippen molar-refractivity contribution >= 4 is 22.6 Å². The molecule has 1 amide bonds. The number of pyridine rings is 1. The fourth-order valence-electron chi connectivity index (χ4n) is 4.04. The minimum absolute atomic E-state index is 0.150. The van der Waals surface area contributed by atoms with Crippen LogP contribution < -0.4 is 20.3 Å². The van der Waals surface area contributed by atoms with Crippen molar-refractivity contribution < 1.29 is 18.7 Å². The third-order valence-corrected chi connectivity index (χ3v) is 5.67. The largest absolute Gasteiger partial charge is 0.493 e. The molecule has 9 heteroatoms. The van der Waals surface area contributed by atoms with Crippen LogP contribution in [-0.2, 0) is 13.1 Å². The van der Waals surface area contributed by atoms with E-state index in [1.807, 2.05) is 53.9 Å². The smallest absolute Gasteiger partial charge is 0.287 e. The third-order valence-electron chi connectivity index (χ3n) is 5.67. The number of benzene rings is 1. The van der Waals surface area contributed by atoms with Gasteiger partial charge in [-0.15, -0.1) is 0 Å². The summed E-state index contributed by atoms with van der Waals surface area (Å²) < 4.78 is 20.0. The minimum atomic E-state index is -0.360. The van der Waals surface area contributed by atoms with Crippen molar-refractivity contribution in [1.29, 1.82) is 0 Å². The van der Waals surface area contributed by atoms with Crippen molar-refractivity contribution in [1.82, 2.24) is 19.3 Å². The van der Waals surface area contributed by atoms with Gasteiger partial charge < -0.3 is 23.6 Å². The Morgan fingerprint density at radius 3 is 2.77 bits per heavy atom. The summed E-state index contributed by atoms with van der Waals surface area (Å²) in [5.74, 6) is 1.53. The minimum Gasteiger partial charge on any atom is -0.493 e. The Bertz CT molecular complexity index is 1580. The number of carbonyl (C=O) groups excluding carboxylic acids is 1. The first-order valence-corrected chi connectivity index (χ1v) is 11.2. The first kappa shape index (κ1) is 22.3. The molecule has 9 nitrogen and oxygen atoms in total. The molecule has 0 aliphatic carbocycles. The van der Waals surface area contributed by atoms with Gasteiger partial charge in [0.25, 0.3) is 11.5 Å². The van der Waals surface area contributed by atoms with E-state index in [9.17, 15) is 9.59 Å². The van der Waals surface area contributed by atoms with E-state index >= 15 is 0 Å². The van der Waals surface area contributed by atoms with Gasteiger partial charge in [-0.2, -0.15) is 0 Å². The van der Waals surface area contributed by atoms with Gasteiger partial charge in [-0.25, -0.2) is 4.98 Å². The zero-order valence-electron chi connectivity index (χ0n) is 19.4. The van der Waals surface area contributed by atoms with Crippen LogP contribution in [0.5, 0.6) is 11.5 Å². The number of amides is 1. The number of aromatic nitrogens is 3. The summed E-state index contributed by atoms with van der Waals surface area (Å²) in [7, 11) is 1.57. The molecule has 178 valence electrons. The molecular weight excluding hydrogens is 448 g/mol. The van der Waals surface area contributed by atoms with Gasteiger partial charge in [0.15, 0.2) is 22.9 Å². The molecule has 4 heterocycles. The summed E-state index contributed by atoms with van der Waals surface area (Å²) in [6, 6.07) is 16.1. The van der Waals surface area contributed by atoms with Gasteiger partial charge in [0.2, 0.25) is 0 Å². The molecule has 0 aliphatic rings. The van der Waals surface area contributed by atoms with E-state index in [0.717, 1.165) is 11.1 Å². The Kier molecular flexibility index (Phi) is 5.97. The average Bonchev–Trinajstić information content (AvgIpc) is 3.56. The van der Waals surface area contributed by atoms with Gasteiger partial charge >= 0.3 is 0 Å². The number of carbonyl (C=O) groups is 1. The van der Waals surface area contributed by atoms with Gasteiger partial charge in [-0.05, 0) is 61.0 Å². The maximum atomic E-state index is 13.1. The second-order valence-electron chi connectivity index (χ2n) is 7.87. The van der Waals surface area contributed by atoms with Crippen molar-refractivity contribution in [2.24, 2.45) is 0 Å². The van der Waals surface area contributed by atoms with Gasteiger partial charge in [-0.1, -0.05) is 6.07 Å². The van der Waals surface area contributed by atoms with Crippen molar-refractivity contribution in [2.45, 2.75) is 20.0 Å². The second kappa shape index (κ2) is 9.38. The highest BCUT2D eigenvalue weighted by atomic mass is 16.5. The van der Waals surface area contributed by atoms with E-state index in [2.05, 4.69) is 10.3 Å². The molecular formula is C26H24N4O5. The highest BCUT2D eigenvalue weighted by Gasteiger charge is 2.16. The van der Waals surface area contributed by atoms with Gasteiger partial charge in [0, 0.05) is 18.9 Å². The summed E-state index contributed by atoms with van der Waals surface area (Å²) in [5.41, 5.74) is 2.55. The highest BCUT2D eigenvalue weighted by Crippen LogP contribution is 2.28. The average molecular weight is 473 g/mol. The van der Waals surface area contributed by atoms with Crippen LogP contribution in [-0.4, -0.2) is 33.6 Å². The summed E-state index contributed by atoms with van der Waals surface area (Å²) in [6.07, 6.45) is 3.48. The lowest BCUT2D eigenvalue weighted by molar-refractivity contribution is 0.0921. The Morgan fingerprint density at radius 1 is 1.09 bits per heavy atom. The number of methoxy groups -OCH3 is 1.